The van der Waals surface area contributed by atoms with Crippen molar-refractivity contribution in [1.29, 1.82) is 0 Å². The Morgan fingerprint density at radius 1 is 1.23 bits per heavy atom. The highest BCUT2D eigenvalue weighted by atomic mass is 19.1. The number of carbonyl (C=O) groups is 2. The summed E-state index contributed by atoms with van der Waals surface area (Å²) < 4.78 is 33.2. The Hall–Kier alpha value is -3.03. The second kappa shape index (κ2) is 9.65. The van der Waals surface area contributed by atoms with Gasteiger partial charge in [0.2, 0.25) is 5.91 Å². The van der Waals surface area contributed by atoms with Crippen molar-refractivity contribution < 1.29 is 23.1 Å². The van der Waals surface area contributed by atoms with Crippen molar-refractivity contribution in [2.24, 2.45) is 5.92 Å². The molecule has 1 fully saturated rings. The lowest BCUT2D eigenvalue weighted by molar-refractivity contribution is -0.131. The van der Waals surface area contributed by atoms with Gasteiger partial charge >= 0.3 is 0 Å². The number of rotatable bonds is 8. The molecule has 0 radical (unpaired) electrons. The zero-order valence-electron chi connectivity index (χ0n) is 16.8. The summed E-state index contributed by atoms with van der Waals surface area (Å²) >= 11 is 0. The first-order chi connectivity index (χ1) is 14.3. The zero-order chi connectivity index (χ0) is 21.7. The Balaban J connectivity index is 1.72. The fraction of sp³-hybridized carbons (Fsp3) is 0.409. The SMILES string of the molecule is Cc1ccc(F)c(OCC(=O)C(Cc2ccc(N)nc2)NC(=O)C2CCCC2)c1F. The van der Waals surface area contributed by atoms with Crippen molar-refractivity contribution in [3.8, 4) is 5.75 Å². The molecule has 0 aliphatic heterocycles. The van der Waals surface area contributed by atoms with Crippen LogP contribution in [0.5, 0.6) is 5.75 Å². The number of nitrogens with zero attached hydrogens (tertiary/aromatic N) is 1. The smallest absolute Gasteiger partial charge is 0.223 e. The van der Waals surface area contributed by atoms with E-state index < -0.39 is 35.8 Å². The van der Waals surface area contributed by atoms with Crippen molar-refractivity contribution in [2.45, 2.75) is 45.1 Å². The van der Waals surface area contributed by atoms with Crippen molar-refractivity contribution in [1.82, 2.24) is 10.3 Å². The van der Waals surface area contributed by atoms with Gasteiger partial charge in [-0.05, 0) is 43.0 Å². The number of benzene rings is 1. The van der Waals surface area contributed by atoms with Crippen LogP contribution in [0.1, 0.15) is 36.8 Å². The van der Waals surface area contributed by atoms with Gasteiger partial charge < -0.3 is 15.8 Å². The number of pyridine rings is 1. The van der Waals surface area contributed by atoms with Gasteiger partial charge in [0.25, 0.3) is 0 Å². The first kappa shape index (κ1) is 21.7. The van der Waals surface area contributed by atoms with E-state index in [4.69, 9.17) is 10.5 Å². The van der Waals surface area contributed by atoms with E-state index in [-0.39, 0.29) is 23.8 Å². The van der Waals surface area contributed by atoms with Gasteiger partial charge in [0.05, 0.1) is 6.04 Å². The van der Waals surface area contributed by atoms with Gasteiger partial charge in [0.15, 0.2) is 23.2 Å². The minimum Gasteiger partial charge on any atom is -0.480 e. The van der Waals surface area contributed by atoms with Crippen LogP contribution < -0.4 is 15.8 Å². The summed E-state index contributed by atoms with van der Waals surface area (Å²) in [6.07, 6.45) is 5.23. The lowest BCUT2D eigenvalue weighted by Crippen LogP contribution is -2.46. The summed E-state index contributed by atoms with van der Waals surface area (Å²) in [5.41, 5.74) is 6.50. The number of ether oxygens (including phenoxy) is 1. The molecule has 8 heteroatoms. The molecule has 1 saturated carbocycles. The summed E-state index contributed by atoms with van der Waals surface area (Å²) in [5.74, 6) is -2.81. The molecule has 6 nitrogen and oxygen atoms in total. The van der Waals surface area contributed by atoms with Crippen molar-refractivity contribution in [3.05, 3.63) is 53.2 Å². The van der Waals surface area contributed by atoms with Gasteiger partial charge in [-0.1, -0.05) is 25.0 Å². The fourth-order valence-electron chi connectivity index (χ4n) is 3.52. The molecule has 2 aromatic rings. The van der Waals surface area contributed by atoms with E-state index in [9.17, 15) is 18.4 Å². The summed E-state index contributed by atoms with van der Waals surface area (Å²) in [5, 5.41) is 2.78. The summed E-state index contributed by atoms with van der Waals surface area (Å²) in [6, 6.07) is 4.78. The molecule has 0 spiro atoms. The number of aromatic nitrogens is 1. The number of halogens is 2. The number of nitrogens with one attached hydrogen (secondary N) is 1. The topological polar surface area (TPSA) is 94.3 Å². The number of amides is 1. The predicted octanol–water partition coefficient (Wildman–Crippen LogP) is 3.12. The number of nitrogen functional groups attached to an aromatic ring is 1. The van der Waals surface area contributed by atoms with Gasteiger partial charge in [0, 0.05) is 18.5 Å². The lowest BCUT2D eigenvalue weighted by Gasteiger charge is -2.20. The fourth-order valence-corrected chi connectivity index (χ4v) is 3.52. The molecule has 1 atom stereocenters. The summed E-state index contributed by atoms with van der Waals surface area (Å²) in [7, 11) is 0. The average Bonchev–Trinajstić information content (AvgIpc) is 3.27. The third-order valence-corrected chi connectivity index (χ3v) is 5.32. The van der Waals surface area contributed by atoms with E-state index in [2.05, 4.69) is 10.3 Å². The quantitative estimate of drug-likeness (QED) is 0.688. The number of hydrogen-bond acceptors (Lipinski definition) is 5. The molecule has 3 N–H and O–H groups in total. The number of nitrogens with two attached hydrogens (primary N) is 1. The second-order valence-corrected chi connectivity index (χ2v) is 7.60. The largest absolute Gasteiger partial charge is 0.480 e. The molecule has 1 heterocycles. The van der Waals surface area contributed by atoms with Gasteiger partial charge in [0.1, 0.15) is 12.4 Å². The molecule has 1 aliphatic rings. The van der Waals surface area contributed by atoms with Gasteiger partial charge in [-0.2, -0.15) is 0 Å². The predicted molar refractivity (Wildman–Crippen MR) is 108 cm³/mol. The van der Waals surface area contributed by atoms with Crippen LogP contribution in [-0.2, 0) is 16.0 Å². The molecule has 1 aromatic heterocycles. The summed E-state index contributed by atoms with van der Waals surface area (Å²) in [4.78, 5) is 29.4. The highest BCUT2D eigenvalue weighted by molar-refractivity contribution is 5.91. The molecule has 1 aromatic carbocycles. The van der Waals surface area contributed by atoms with E-state index in [0.717, 1.165) is 31.7 Å². The van der Waals surface area contributed by atoms with Crippen molar-refractivity contribution >= 4 is 17.5 Å². The number of aryl methyl sites for hydroxylation is 1. The molecule has 1 unspecified atom stereocenters. The first-order valence-corrected chi connectivity index (χ1v) is 9.96. The van der Waals surface area contributed by atoms with Crippen LogP contribution in [0.25, 0.3) is 0 Å². The number of carbonyl (C=O) groups excluding carboxylic acids is 2. The lowest BCUT2D eigenvalue weighted by atomic mass is 10.0. The third-order valence-electron chi connectivity index (χ3n) is 5.32. The molecule has 3 rings (SSSR count). The van der Waals surface area contributed by atoms with E-state index in [0.29, 0.717) is 11.4 Å². The van der Waals surface area contributed by atoms with Crippen LogP contribution in [-0.4, -0.2) is 29.3 Å². The van der Waals surface area contributed by atoms with Crippen LogP contribution in [0.3, 0.4) is 0 Å². The zero-order valence-corrected chi connectivity index (χ0v) is 16.8. The number of ketones is 1. The second-order valence-electron chi connectivity index (χ2n) is 7.60. The maximum Gasteiger partial charge on any atom is 0.223 e. The minimum atomic E-state index is -0.903. The van der Waals surface area contributed by atoms with Gasteiger partial charge in [-0.3, -0.25) is 9.59 Å². The Morgan fingerprint density at radius 2 is 1.97 bits per heavy atom. The van der Waals surface area contributed by atoms with Crippen LogP contribution in [0.15, 0.2) is 30.5 Å². The van der Waals surface area contributed by atoms with E-state index in [1.807, 2.05) is 0 Å². The summed E-state index contributed by atoms with van der Waals surface area (Å²) in [6.45, 7) is 0.900. The molecule has 0 saturated heterocycles. The Labute approximate surface area is 173 Å². The molecule has 1 aliphatic carbocycles. The monoisotopic (exact) mass is 417 g/mol. The van der Waals surface area contributed by atoms with Crippen LogP contribution in [0.2, 0.25) is 0 Å². The maximum atomic E-state index is 14.1. The third kappa shape index (κ3) is 5.31. The maximum absolute atomic E-state index is 14.1. The molecular weight excluding hydrogens is 392 g/mol. The number of Topliss-reactive ketones (excluding diaryl/α,β-unsaturated/α-hetero) is 1. The molecule has 160 valence electrons. The average molecular weight is 417 g/mol. The highest BCUT2D eigenvalue weighted by Crippen LogP contribution is 2.26. The molecular formula is C22H25F2N3O3. The first-order valence-electron chi connectivity index (χ1n) is 9.96. The highest BCUT2D eigenvalue weighted by Gasteiger charge is 2.28. The normalized spacial score (nSPS) is 15.0. The van der Waals surface area contributed by atoms with E-state index in [1.165, 1.54) is 19.2 Å². The molecule has 0 bridgehead atoms. The van der Waals surface area contributed by atoms with Crippen molar-refractivity contribution in [2.75, 3.05) is 12.3 Å². The minimum absolute atomic E-state index is 0.127. The van der Waals surface area contributed by atoms with E-state index >= 15 is 0 Å². The Kier molecular flexibility index (Phi) is 6.97. The van der Waals surface area contributed by atoms with Crippen LogP contribution in [0, 0.1) is 24.5 Å². The Bertz CT molecular complexity index is 913. The van der Waals surface area contributed by atoms with Gasteiger partial charge in [-0.25, -0.2) is 13.8 Å². The standard InChI is InChI=1S/C22H25F2N3O3/c1-13-6-8-16(23)21(20(13)24)30-12-18(28)17(10-14-7-9-19(25)26-11-14)27-22(29)15-4-2-3-5-15/h6-9,11,15,17H,2-5,10,12H2,1H3,(H2,25,26)(H,27,29). The molecule has 30 heavy (non-hydrogen) atoms. The van der Waals surface area contributed by atoms with E-state index in [1.54, 1.807) is 12.1 Å². The van der Waals surface area contributed by atoms with Gasteiger partial charge in [-0.15, -0.1) is 0 Å². The molecule has 1 amide bonds. The number of anilines is 1. The number of hydrogen-bond donors (Lipinski definition) is 2. The Morgan fingerprint density at radius 3 is 2.63 bits per heavy atom. The van der Waals surface area contributed by atoms with Crippen LogP contribution >= 0.6 is 0 Å². The van der Waals surface area contributed by atoms with Crippen LogP contribution in [0.4, 0.5) is 14.6 Å². The van der Waals surface area contributed by atoms with Crippen molar-refractivity contribution in [3.63, 3.8) is 0 Å².